The van der Waals surface area contributed by atoms with Crippen LogP contribution in [0.25, 0.3) is 21.9 Å². The number of nitrogens with zero attached hydrogens (tertiary/aromatic N) is 1. The smallest absolute Gasteiger partial charge is 0.269 e. The van der Waals surface area contributed by atoms with Crippen LogP contribution in [0.3, 0.4) is 0 Å². The lowest BCUT2D eigenvalue weighted by molar-refractivity contribution is -0.384. The quantitative estimate of drug-likeness (QED) is 0.310. The Bertz CT molecular complexity index is 1360. The fraction of sp³-hybridized carbons (Fsp3) is 0. The predicted octanol–water partition coefficient (Wildman–Crippen LogP) is 4.36. The lowest BCUT2D eigenvalue weighted by atomic mass is 9.92. The van der Waals surface area contributed by atoms with E-state index < -0.39 is 16.7 Å². The highest BCUT2D eigenvalue weighted by atomic mass is 16.6. The van der Waals surface area contributed by atoms with Gasteiger partial charge in [0.15, 0.2) is 0 Å². The molecule has 0 bridgehead atoms. The maximum absolute atomic E-state index is 12.1. The number of carbonyl (C=O) groups is 2. The van der Waals surface area contributed by atoms with Crippen molar-refractivity contribution in [1.29, 1.82) is 0 Å². The van der Waals surface area contributed by atoms with E-state index in [0.29, 0.717) is 22.4 Å². The highest BCUT2D eigenvalue weighted by molar-refractivity contribution is 6.10. The predicted molar refractivity (Wildman–Crippen MR) is 123 cm³/mol. The van der Waals surface area contributed by atoms with E-state index in [1.165, 1.54) is 12.1 Å². The molecule has 0 aliphatic carbocycles. The number of carbonyl (C=O) groups excluding carboxylic acids is 2. The first-order valence-electron chi connectivity index (χ1n) is 9.62. The van der Waals surface area contributed by atoms with Crippen LogP contribution in [0.4, 0.5) is 17.1 Å². The second kappa shape index (κ2) is 8.19. The number of primary amides is 2. The third-order valence-electron chi connectivity index (χ3n) is 5.11. The molecular formula is C24H18N4O4. The number of hydrogen-bond acceptors (Lipinski definition) is 5. The molecule has 0 radical (unpaired) electrons. The highest BCUT2D eigenvalue weighted by Gasteiger charge is 2.15. The van der Waals surface area contributed by atoms with Crippen molar-refractivity contribution in [3.05, 3.63) is 100 Å². The molecule has 8 nitrogen and oxygen atoms in total. The fourth-order valence-electron chi connectivity index (χ4n) is 3.55. The topological polar surface area (TPSA) is 141 Å². The molecule has 0 saturated heterocycles. The number of rotatable bonds is 6. The average Bonchev–Trinajstić information content (AvgIpc) is 2.78. The highest BCUT2D eigenvalue weighted by Crippen LogP contribution is 2.34. The molecule has 2 amide bonds. The summed E-state index contributed by atoms with van der Waals surface area (Å²) in [4.78, 5) is 33.9. The zero-order valence-corrected chi connectivity index (χ0v) is 16.7. The second-order valence-corrected chi connectivity index (χ2v) is 7.16. The summed E-state index contributed by atoms with van der Waals surface area (Å²) in [5.74, 6) is -1.09. The summed E-state index contributed by atoms with van der Waals surface area (Å²) in [6.07, 6.45) is 0. The van der Waals surface area contributed by atoms with Crippen LogP contribution >= 0.6 is 0 Å². The van der Waals surface area contributed by atoms with Crippen molar-refractivity contribution in [3.8, 4) is 11.1 Å². The zero-order valence-electron chi connectivity index (χ0n) is 16.7. The van der Waals surface area contributed by atoms with E-state index in [4.69, 9.17) is 11.5 Å². The molecule has 0 saturated carbocycles. The minimum Gasteiger partial charge on any atom is -0.366 e. The number of nitro benzene ring substituents is 1. The van der Waals surface area contributed by atoms with Gasteiger partial charge in [-0.2, -0.15) is 0 Å². The van der Waals surface area contributed by atoms with Gasteiger partial charge in [-0.1, -0.05) is 24.3 Å². The zero-order chi connectivity index (χ0) is 22.8. The molecule has 4 aromatic carbocycles. The maximum atomic E-state index is 12.1. The Balaban J connectivity index is 1.71. The largest absolute Gasteiger partial charge is 0.366 e. The first-order valence-corrected chi connectivity index (χ1v) is 9.62. The number of nitrogens with two attached hydrogens (primary N) is 2. The van der Waals surface area contributed by atoms with Gasteiger partial charge in [-0.05, 0) is 58.8 Å². The summed E-state index contributed by atoms with van der Waals surface area (Å²) in [6.45, 7) is 0. The van der Waals surface area contributed by atoms with Gasteiger partial charge < -0.3 is 16.8 Å². The van der Waals surface area contributed by atoms with E-state index in [0.717, 1.165) is 22.0 Å². The van der Waals surface area contributed by atoms with Crippen molar-refractivity contribution >= 4 is 39.6 Å². The summed E-state index contributed by atoms with van der Waals surface area (Å²) < 4.78 is 0. The van der Waals surface area contributed by atoms with Gasteiger partial charge >= 0.3 is 0 Å². The SMILES string of the molecule is NC(=O)c1ccc2c(-c3ccc(Nc4ccc([N+](=O)[O-])cc4)cc3)c(C(N)=O)ccc2c1. The number of non-ortho nitro benzene ring substituents is 1. The molecule has 0 aliphatic heterocycles. The van der Waals surface area contributed by atoms with Crippen LogP contribution in [-0.4, -0.2) is 16.7 Å². The first kappa shape index (κ1) is 20.5. The lowest BCUT2D eigenvalue weighted by Crippen LogP contribution is -2.13. The van der Waals surface area contributed by atoms with Gasteiger partial charge in [-0.15, -0.1) is 0 Å². The number of hydrogen-bond donors (Lipinski definition) is 3. The van der Waals surface area contributed by atoms with Crippen LogP contribution in [-0.2, 0) is 0 Å². The van der Waals surface area contributed by atoms with Crippen LogP contribution in [0.5, 0.6) is 0 Å². The number of amides is 2. The number of fused-ring (bicyclic) bond motifs is 1. The summed E-state index contributed by atoms with van der Waals surface area (Å²) in [5.41, 5.74) is 14.6. The van der Waals surface area contributed by atoms with Gasteiger partial charge in [-0.25, -0.2) is 0 Å². The van der Waals surface area contributed by atoms with Crippen molar-refractivity contribution in [1.82, 2.24) is 0 Å². The van der Waals surface area contributed by atoms with Crippen molar-refractivity contribution < 1.29 is 14.5 Å². The average molecular weight is 426 g/mol. The van der Waals surface area contributed by atoms with Crippen LogP contribution in [0.15, 0.2) is 78.9 Å². The monoisotopic (exact) mass is 426 g/mol. The molecular weight excluding hydrogens is 408 g/mol. The van der Waals surface area contributed by atoms with Crippen LogP contribution < -0.4 is 16.8 Å². The van der Waals surface area contributed by atoms with Gasteiger partial charge in [0.2, 0.25) is 11.8 Å². The van der Waals surface area contributed by atoms with Crippen molar-refractivity contribution in [2.45, 2.75) is 0 Å². The maximum Gasteiger partial charge on any atom is 0.269 e. The first-order chi connectivity index (χ1) is 15.3. The minimum absolute atomic E-state index is 0.0142. The molecule has 8 heteroatoms. The minimum atomic E-state index is -0.561. The third kappa shape index (κ3) is 3.97. The number of benzene rings is 4. The number of nitro groups is 1. The molecule has 0 fully saturated rings. The third-order valence-corrected chi connectivity index (χ3v) is 5.11. The van der Waals surface area contributed by atoms with E-state index in [-0.39, 0.29) is 5.69 Å². The molecule has 0 unspecified atom stereocenters. The van der Waals surface area contributed by atoms with Crippen LogP contribution in [0.2, 0.25) is 0 Å². The van der Waals surface area contributed by atoms with Crippen LogP contribution in [0.1, 0.15) is 20.7 Å². The number of nitrogens with one attached hydrogen (secondary N) is 1. The van der Waals surface area contributed by atoms with Crippen LogP contribution in [0, 0.1) is 10.1 Å². The van der Waals surface area contributed by atoms with Gasteiger partial charge in [0.25, 0.3) is 5.69 Å². The van der Waals surface area contributed by atoms with E-state index in [9.17, 15) is 19.7 Å². The molecule has 0 spiro atoms. The molecule has 5 N–H and O–H groups in total. The Hall–Kier alpha value is -4.72. The normalized spacial score (nSPS) is 10.6. The molecule has 4 rings (SSSR count). The Kier molecular flexibility index (Phi) is 5.26. The van der Waals surface area contributed by atoms with Crippen molar-refractivity contribution in [2.24, 2.45) is 11.5 Å². The second-order valence-electron chi connectivity index (χ2n) is 7.16. The van der Waals surface area contributed by atoms with E-state index in [1.54, 1.807) is 42.5 Å². The molecule has 158 valence electrons. The fourth-order valence-corrected chi connectivity index (χ4v) is 3.55. The molecule has 4 aromatic rings. The van der Waals surface area contributed by atoms with Gasteiger partial charge in [0, 0.05) is 40.2 Å². The van der Waals surface area contributed by atoms with Gasteiger partial charge in [-0.3, -0.25) is 19.7 Å². The lowest BCUT2D eigenvalue weighted by Gasteiger charge is -2.13. The van der Waals surface area contributed by atoms with Crippen molar-refractivity contribution in [2.75, 3.05) is 5.32 Å². The van der Waals surface area contributed by atoms with E-state index in [1.807, 2.05) is 24.3 Å². The summed E-state index contributed by atoms with van der Waals surface area (Å²) in [7, 11) is 0. The Labute approximate surface area is 182 Å². The van der Waals surface area contributed by atoms with Gasteiger partial charge in [0.1, 0.15) is 0 Å². The van der Waals surface area contributed by atoms with E-state index >= 15 is 0 Å². The van der Waals surface area contributed by atoms with Gasteiger partial charge in [0.05, 0.1) is 4.92 Å². The van der Waals surface area contributed by atoms with Crippen molar-refractivity contribution in [3.63, 3.8) is 0 Å². The summed E-state index contributed by atoms with van der Waals surface area (Å²) >= 11 is 0. The Morgan fingerprint density at radius 3 is 1.97 bits per heavy atom. The molecule has 0 aromatic heterocycles. The molecule has 0 aliphatic rings. The Morgan fingerprint density at radius 1 is 0.781 bits per heavy atom. The Morgan fingerprint density at radius 2 is 1.41 bits per heavy atom. The number of anilines is 2. The van der Waals surface area contributed by atoms with E-state index in [2.05, 4.69) is 5.32 Å². The molecule has 32 heavy (non-hydrogen) atoms. The molecule has 0 heterocycles. The summed E-state index contributed by atoms with van der Waals surface area (Å²) in [6, 6.07) is 21.9. The molecule has 0 atom stereocenters. The summed E-state index contributed by atoms with van der Waals surface area (Å²) in [5, 5.41) is 15.5. The standard InChI is InChI=1S/C24H18N4O4/c25-23(29)16-4-11-20-15(13-16)3-12-21(24(26)30)22(20)14-1-5-17(6-2-14)27-18-7-9-19(10-8-18)28(31)32/h1-13,27H,(H2,25,29)(H2,26,30).